The Morgan fingerprint density at radius 2 is 0.692 bits per heavy atom. The summed E-state index contributed by atoms with van der Waals surface area (Å²) in [7, 11) is 0. The molecule has 4 nitrogen and oxygen atoms in total. The lowest BCUT2D eigenvalue weighted by atomic mass is 9.63. The first-order chi connectivity index (χ1) is 51.3. The average molecular weight is 1380 g/mol. The number of fused-ring (bicyclic) bond motifs is 6. The molecule has 2 aliphatic heterocycles. The molecule has 2 fully saturated rings. The third-order valence-electron chi connectivity index (χ3n) is 23.3. The predicted octanol–water partition coefficient (Wildman–Crippen LogP) is 25.2. The lowest BCUT2D eigenvalue weighted by Gasteiger charge is -2.40. The number of rotatable bonds is 21. The highest BCUT2D eigenvalue weighted by Crippen LogP contribution is 2.62. The van der Waals surface area contributed by atoms with Crippen molar-refractivity contribution in [1.29, 1.82) is 0 Å². The van der Waals surface area contributed by atoms with Gasteiger partial charge in [0.15, 0.2) is 0 Å². The van der Waals surface area contributed by atoms with E-state index in [0.29, 0.717) is 0 Å². The summed E-state index contributed by atoms with van der Waals surface area (Å²) in [4.78, 5) is 7.50. The third kappa shape index (κ3) is 11.5. The summed E-state index contributed by atoms with van der Waals surface area (Å²) in [5.74, 6) is 2.49. The van der Waals surface area contributed by atoms with E-state index >= 15 is 0 Å². The first kappa shape index (κ1) is 65.6. The highest BCUT2D eigenvalue weighted by Gasteiger charge is 2.53. The van der Waals surface area contributed by atoms with E-state index in [0.717, 1.165) is 96.0 Å². The van der Waals surface area contributed by atoms with Crippen LogP contribution in [-0.2, 0) is 20.3 Å². The molecule has 0 spiro atoms. The largest absolute Gasteiger partial charge is 0.380 e. The monoisotopic (exact) mass is 1380 g/mol. The van der Waals surface area contributed by atoms with E-state index in [4.69, 9.17) is 9.47 Å². The highest BCUT2D eigenvalue weighted by molar-refractivity contribution is 7.99. The Labute approximate surface area is 621 Å². The number of allylic oxidation sites excluding steroid dienone is 4. The maximum Gasteiger partial charge on any atom is 0.0714 e. The molecule has 13 aromatic carbocycles. The van der Waals surface area contributed by atoms with Gasteiger partial charge >= 0.3 is 0 Å². The summed E-state index contributed by atoms with van der Waals surface area (Å²) in [6, 6.07) is 123. The molecular weight excluding hydrogens is 1300 g/mol. The Kier molecular flexibility index (Phi) is 17.4. The number of anilines is 6. The van der Waals surface area contributed by atoms with Crippen LogP contribution in [0.5, 0.6) is 0 Å². The summed E-state index contributed by atoms with van der Waals surface area (Å²) < 4.78 is 11.5. The van der Waals surface area contributed by atoms with Crippen molar-refractivity contribution in [2.45, 2.75) is 53.2 Å². The van der Waals surface area contributed by atoms with Gasteiger partial charge in [0.2, 0.25) is 0 Å². The van der Waals surface area contributed by atoms with Gasteiger partial charge in [0, 0.05) is 78.1 Å². The standard InChI is InChI=1S/C98H82N2O2S2/c1-3-95(63-101-64-95)67-103-85-55-41-77(42-56-85)97(75-25-13-7-14-26-75)91-31-19-17-29-87(91)89-59-53-83(61-93(89)97)99(79-45-33-71(34-46-79)69-21-9-5-10-22-69)81-49-37-73(38-50-81)74-39-51-82(52-40-74)100(80-47-35-72(36-48-80)70-23-11-6-12-24-70)84-54-60-90-88-30-18-20-32-92(88)98(94(90)62-84,76-27-15-8-16-28-76)78-43-57-86(58-44-78)104-68-96(4-2)65-102-66-96/h5-62,87,91H,3-4,63-68H2,1-2H3. The van der Waals surface area contributed by atoms with Gasteiger partial charge in [-0.2, -0.15) is 0 Å². The smallest absolute Gasteiger partial charge is 0.0714 e. The fraction of sp³-hybridized carbons (Fsp3) is 0.163. The normalized spacial score (nSPS) is 19.0. The van der Waals surface area contributed by atoms with Crippen molar-refractivity contribution in [1.82, 2.24) is 0 Å². The molecule has 0 N–H and O–H groups in total. The molecule has 18 rings (SSSR count). The van der Waals surface area contributed by atoms with E-state index < -0.39 is 10.8 Å². The van der Waals surface area contributed by atoms with E-state index in [1.807, 2.05) is 23.5 Å². The fourth-order valence-corrected chi connectivity index (χ4v) is 19.6. The van der Waals surface area contributed by atoms with Gasteiger partial charge in [-0.05, 0) is 199 Å². The van der Waals surface area contributed by atoms with Crippen LogP contribution in [0.4, 0.5) is 34.1 Å². The SMILES string of the molecule is CCC1(CSc2ccc(C3(c4ccccc4)c4ccccc4-c4ccc(N(c5ccc(-c6ccccc6)cc5)c5ccc(-c6ccc(N(c7ccc(-c8ccccc8)cc7)c7ccc8c(c7)C(c7ccccc7)(c7ccc(SCC9(CC)COC9)cc7)C7C=CC=CC87)cc6)cc5)cc43)cc2)COC1. The quantitative estimate of drug-likeness (QED) is 0.0665. The van der Waals surface area contributed by atoms with E-state index in [2.05, 4.69) is 376 Å². The summed E-state index contributed by atoms with van der Waals surface area (Å²) in [5.41, 5.74) is 25.9. The van der Waals surface area contributed by atoms with Crippen LogP contribution < -0.4 is 9.80 Å². The van der Waals surface area contributed by atoms with Gasteiger partial charge in [0.25, 0.3) is 0 Å². The van der Waals surface area contributed by atoms with Gasteiger partial charge in [0.05, 0.1) is 37.3 Å². The van der Waals surface area contributed by atoms with Crippen molar-refractivity contribution in [3.63, 3.8) is 0 Å². The number of hydrogen-bond donors (Lipinski definition) is 0. The molecule has 0 bridgehead atoms. The minimum atomic E-state index is -0.587. The molecule has 6 heteroatoms. The molecule has 0 radical (unpaired) electrons. The molecule has 0 saturated carbocycles. The molecule has 4 unspecified atom stereocenters. The van der Waals surface area contributed by atoms with Gasteiger partial charge < -0.3 is 19.3 Å². The summed E-state index contributed by atoms with van der Waals surface area (Å²) in [5, 5.41) is 0. The zero-order valence-electron chi connectivity index (χ0n) is 58.8. The van der Waals surface area contributed by atoms with E-state index in [-0.39, 0.29) is 22.7 Å². The third-order valence-corrected chi connectivity index (χ3v) is 26.0. The van der Waals surface area contributed by atoms with Crippen LogP contribution in [0.15, 0.2) is 362 Å². The Hall–Kier alpha value is -10.4. The molecule has 5 aliphatic rings. The second kappa shape index (κ2) is 27.6. The number of hydrogen-bond acceptors (Lipinski definition) is 6. The van der Waals surface area contributed by atoms with Crippen molar-refractivity contribution >= 4 is 57.6 Å². The lowest BCUT2D eigenvalue weighted by molar-refractivity contribution is -0.0994. The first-order valence-electron chi connectivity index (χ1n) is 36.9. The van der Waals surface area contributed by atoms with Crippen molar-refractivity contribution in [2.75, 3.05) is 47.7 Å². The summed E-state index contributed by atoms with van der Waals surface area (Å²) in [6.07, 6.45) is 11.7. The van der Waals surface area contributed by atoms with Gasteiger partial charge in [-0.25, -0.2) is 0 Å². The van der Waals surface area contributed by atoms with Crippen LogP contribution in [0.1, 0.15) is 77.1 Å². The molecule has 13 aromatic rings. The van der Waals surface area contributed by atoms with E-state index in [1.165, 1.54) is 87.7 Å². The Morgan fingerprint density at radius 3 is 1.15 bits per heavy atom. The van der Waals surface area contributed by atoms with Crippen LogP contribution in [0.3, 0.4) is 0 Å². The van der Waals surface area contributed by atoms with E-state index in [9.17, 15) is 0 Å². The maximum atomic E-state index is 5.74. The second-order valence-corrected chi connectivity index (χ2v) is 31.2. The van der Waals surface area contributed by atoms with Gasteiger partial charge in [-0.3, -0.25) is 0 Å². The number of nitrogens with zero attached hydrogens (tertiary/aromatic N) is 2. The first-order valence-corrected chi connectivity index (χ1v) is 38.9. The second-order valence-electron chi connectivity index (χ2n) is 29.1. The number of thioether (sulfide) groups is 2. The molecule has 508 valence electrons. The summed E-state index contributed by atoms with van der Waals surface area (Å²) in [6.45, 7) is 8.00. The van der Waals surface area contributed by atoms with Gasteiger partial charge in [0.1, 0.15) is 0 Å². The van der Waals surface area contributed by atoms with Crippen molar-refractivity contribution in [3.05, 3.63) is 396 Å². The molecule has 4 atom stereocenters. The van der Waals surface area contributed by atoms with Crippen LogP contribution in [0, 0.1) is 16.7 Å². The Morgan fingerprint density at radius 1 is 0.327 bits per heavy atom. The van der Waals surface area contributed by atoms with Crippen LogP contribution in [0.25, 0.3) is 44.5 Å². The van der Waals surface area contributed by atoms with Crippen molar-refractivity contribution in [2.24, 2.45) is 16.7 Å². The summed E-state index contributed by atoms with van der Waals surface area (Å²) >= 11 is 3.93. The average Bonchev–Trinajstić information content (AvgIpc) is 1.53. The van der Waals surface area contributed by atoms with Crippen molar-refractivity contribution in [3.8, 4) is 44.5 Å². The highest BCUT2D eigenvalue weighted by atomic mass is 32.2. The molecule has 2 saturated heterocycles. The Bertz CT molecular complexity index is 5260. The molecule has 0 amide bonds. The predicted molar refractivity (Wildman–Crippen MR) is 435 cm³/mol. The molecular formula is C98H82N2O2S2. The minimum absolute atomic E-state index is 0.167. The molecule has 104 heavy (non-hydrogen) atoms. The fourth-order valence-electron chi connectivity index (χ4n) is 17.3. The van der Waals surface area contributed by atoms with Crippen molar-refractivity contribution < 1.29 is 9.47 Å². The van der Waals surface area contributed by atoms with Gasteiger partial charge in [-0.15, -0.1) is 23.5 Å². The Balaban J connectivity index is 0.723. The van der Waals surface area contributed by atoms with E-state index in [1.54, 1.807) is 0 Å². The van der Waals surface area contributed by atoms with Crippen LogP contribution >= 0.6 is 23.5 Å². The zero-order valence-corrected chi connectivity index (χ0v) is 60.5. The molecule has 2 heterocycles. The molecule has 0 aromatic heterocycles. The maximum absolute atomic E-state index is 5.74. The number of ether oxygens (including phenoxy) is 2. The zero-order chi connectivity index (χ0) is 69.7. The number of benzene rings is 13. The molecule has 3 aliphatic carbocycles. The van der Waals surface area contributed by atoms with Gasteiger partial charge in [-0.1, -0.05) is 269 Å². The lowest BCUT2D eigenvalue weighted by Crippen LogP contribution is -2.44. The topological polar surface area (TPSA) is 24.9 Å². The van der Waals surface area contributed by atoms with Crippen LogP contribution in [0.2, 0.25) is 0 Å². The van der Waals surface area contributed by atoms with Crippen LogP contribution in [-0.4, -0.2) is 37.9 Å². The minimum Gasteiger partial charge on any atom is -0.380 e.